The van der Waals surface area contributed by atoms with Crippen molar-refractivity contribution in [1.82, 2.24) is 15.8 Å². The van der Waals surface area contributed by atoms with E-state index in [1.54, 1.807) is 4.90 Å². The molecule has 0 aliphatic heterocycles. The largest absolute Gasteiger partial charge is 0.343 e. The molecule has 0 fully saturated rings. The van der Waals surface area contributed by atoms with Gasteiger partial charge in [-0.2, -0.15) is 0 Å². The van der Waals surface area contributed by atoms with Crippen molar-refractivity contribution in [2.45, 2.75) is 50.8 Å². The molecular weight excluding hydrogens is 382 g/mol. The molecule has 0 bridgehead atoms. The van der Waals surface area contributed by atoms with Crippen molar-refractivity contribution in [3.63, 3.8) is 0 Å². The van der Waals surface area contributed by atoms with E-state index in [9.17, 15) is 22.8 Å². The minimum absolute atomic E-state index is 0.0338. The fraction of sp³-hybridized carbons (Fsp3) is 0.526. The molecule has 0 aliphatic carbocycles. The molecule has 156 valence electrons. The lowest BCUT2D eigenvalue weighted by atomic mass is 10.2. The number of sulfone groups is 1. The van der Waals surface area contributed by atoms with Gasteiger partial charge in [0.1, 0.15) is 0 Å². The summed E-state index contributed by atoms with van der Waals surface area (Å²) >= 11 is 0. The van der Waals surface area contributed by atoms with Crippen LogP contribution in [0.15, 0.2) is 29.2 Å². The second-order valence-electron chi connectivity index (χ2n) is 6.53. The van der Waals surface area contributed by atoms with Gasteiger partial charge in [-0.1, -0.05) is 13.8 Å². The number of nitrogens with one attached hydrogen (secondary N) is 2. The Labute approximate surface area is 166 Å². The summed E-state index contributed by atoms with van der Waals surface area (Å²) in [6.45, 7) is 5.46. The van der Waals surface area contributed by atoms with Crippen molar-refractivity contribution < 1.29 is 22.8 Å². The monoisotopic (exact) mass is 411 g/mol. The molecule has 1 rings (SSSR count). The van der Waals surface area contributed by atoms with Crippen molar-refractivity contribution in [3.8, 4) is 0 Å². The van der Waals surface area contributed by atoms with Gasteiger partial charge in [0, 0.05) is 37.8 Å². The van der Waals surface area contributed by atoms with E-state index in [4.69, 9.17) is 0 Å². The summed E-state index contributed by atoms with van der Waals surface area (Å²) in [4.78, 5) is 37.9. The molecule has 9 heteroatoms. The van der Waals surface area contributed by atoms with E-state index in [-0.39, 0.29) is 29.2 Å². The van der Waals surface area contributed by atoms with Crippen molar-refractivity contribution in [3.05, 3.63) is 29.8 Å². The van der Waals surface area contributed by atoms with Gasteiger partial charge >= 0.3 is 0 Å². The summed E-state index contributed by atoms with van der Waals surface area (Å²) in [5.74, 6) is -0.917. The Balaban J connectivity index is 2.40. The number of hydrazine groups is 1. The molecule has 1 aromatic rings. The maximum Gasteiger partial charge on any atom is 0.269 e. The van der Waals surface area contributed by atoms with E-state index in [2.05, 4.69) is 10.9 Å². The second-order valence-corrected chi connectivity index (χ2v) is 8.55. The fourth-order valence-corrected chi connectivity index (χ4v) is 3.20. The van der Waals surface area contributed by atoms with Crippen molar-refractivity contribution >= 4 is 27.6 Å². The number of hydrogen-bond donors (Lipinski definition) is 2. The first-order valence-corrected chi connectivity index (χ1v) is 11.2. The molecule has 28 heavy (non-hydrogen) atoms. The van der Waals surface area contributed by atoms with E-state index < -0.39 is 21.7 Å². The first kappa shape index (κ1) is 23.6. The normalized spacial score (nSPS) is 11.0. The quantitative estimate of drug-likeness (QED) is 0.569. The highest BCUT2D eigenvalue weighted by Crippen LogP contribution is 2.10. The highest BCUT2D eigenvalue weighted by Gasteiger charge is 2.13. The standard InChI is InChI=1S/C19H29N3O5S/c1-4-13-22(14-5-2)18(24)8-6-7-17(23)20-21-19(25)15-9-11-16(12-10-15)28(3,26)27/h9-12H,4-8,13-14H2,1-3H3,(H,20,23)(H,21,25). The summed E-state index contributed by atoms with van der Waals surface area (Å²) in [6.07, 6.45) is 3.66. The Bertz CT molecular complexity index is 769. The van der Waals surface area contributed by atoms with Gasteiger partial charge in [0.2, 0.25) is 11.8 Å². The molecule has 0 heterocycles. The molecule has 8 nitrogen and oxygen atoms in total. The maximum absolute atomic E-state index is 12.1. The van der Waals surface area contributed by atoms with Crippen LogP contribution in [0.5, 0.6) is 0 Å². The summed E-state index contributed by atoms with van der Waals surface area (Å²) in [5.41, 5.74) is 4.79. The molecular formula is C19H29N3O5S. The molecule has 0 aliphatic rings. The van der Waals surface area contributed by atoms with Gasteiger partial charge in [-0.25, -0.2) is 8.42 Å². The predicted molar refractivity (Wildman–Crippen MR) is 106 cm³/mol. The summed E-state index contributed by atoms with van der Waals surface area (Å²) in [5, 5.41) is 0. The van der Waals surface area contributed by atoms with Gasteiger partial charge in [-0.15, -0.1) is 0 Å². The number of amides is 3. The molecule has 0 aromatic heterocycles. The van der Waals surface area contributed by atoms with Crippen molar-refractivity contribution in [2.75, 3.05) is 19.3 Å². The Kier molecular flexibility index (Phi) is 9.64. The summed E-state index contributed by atoms with van der Waals surface area (Å²) in [7, 11) is -3.33. The van der Waals surface area contributed by atoms with E-state index >= 15 is 0 Å². The molecule has 0 spiro atoms. The summed E-state index contributed by atoms with van der Waals surface area (Å²) in [6, 6.07) is 5.39. The molecule has 0 unspecified atom stereocenters. The number of carbonyl (C=O) groups excluding carboxylic acids is 3. The van der Waals surface area contributed by atoms with Crippen molar-refractivity contribution in [1.29, 1.82) is 0 Å². The lowest BCUT2D eigenvalue weighted by molar-refractivity contribution is -0.131. The molecule has 0 saturated heterocycles. The van der Waals surface area contributed by atoms with E-state index in [0.717, 1.165) is 19.1 Å². The molecule has 1 aromatic carbocycles. The van der Waals surface area contributed by atoms with Gasteiger partial charge in [0.05, 0.1) is 4.90 Å². The van der Waals surface area contributed by atoms with Gasteiger partial charge in [-0.05, 0) is 43.5 Å². The average molecular weight is 412 g/mol. The van der Waals surface area contributed by atoms with E-state index in [1.807, 2.05) is 13.8 Å². The molecule has 3 amide bonds. The minimum Gasteiger partial charge on any atom is -0.343 e. The Morgan fingerprint density at radius 3 is 2.00 bits per heavy atom. The third kappa shape index (κ3) is 8.08. The maximum atomic E-state index is 12.1. The Morgan fingerprint density at radius 2 is 1.50 bits per heavy atom. The van der Waals surface area contributed by atoms with E-state index in [1.165, 1.54) is 24.3 Å². The van der Waals surface area contributed by atoms with Crippen LogP contribution in [0.2, 0.25) is 0 Å². The third-order valence-electron chi connectivity index (χ3n) is 3.99. The number of rotatable bonds is 10. The van der Waals surface area contributed by atoms with Crippen LogP contribution in [0.1, 0.15) is 56.3 Å². The zero-order chi connectivity index (χ0) is 21.2. The Hall–Kier alpha value is -2.42. The zero-order valence-corrected chi connectivity index (χ0v) is 17.5. The third-order valence-corrected chi connectivity index (χ3v) is 5.12. The number of nitrogens with zero attached hydrogens (tertiary/aromatic N) is 1. The van der Waals surface area contributed by atoms with Crippen molar-refractivity contribution in [2.24, 2.45) is 0 Å². The van der Waals surface area contributed by atoms with Crippen LogP contribution in [-0.2, 0) is 19.4 Å². The lowest BCUT2D eigenvalue weighted by Crippen LogP contribution is -2.41. The van der Waals surface area contributed by atoms with Crippen LogP contribution in [0.3, 0.4) is 0 Å². The number of benzene rings is 1. The van der Waals surface area contributed by atoms with Crippen LogP contribution < -0.4 is 10.9 Å². The van der Waals surface area contributed by atoms with Gasteiger partial charge in [-0.3, -0.25) is 25.2 Å². The molecule has 2 N–H and O–H groups in total. The lowest BCUT2D eigenvalue weighted by Gasteiger charge is -2.21. The topological polar surface area (TPSA) is 113 Å². The second kappa shape index (κ2) is 11.4. The zero-order valence-electron chi connectivity index (χ0n) is 16.7. The first-order valence-electron chi connectivity index (χ1n) is 9.36. The summed E-state index contributed by atoms with van der Waals surface area (Å²) < 4.78 is 22.8. The van der Waals surface area contributed by atoms with Crippen LogP contribution in [0, 0.1) is 0 Å². The first-order chi connectivity index (χ1) is 13.2. The van der Waals surface area contributed by atoms with Crippen LogP contribution in [-0.4, -0.2) is 50.4 Å². The molecule has 0 atom stereocenters. The SMILES string of the molecule is CCCN(CCC)C(=O)CCCC(=O)NNC(=O)c1ccc(S(C)(=O)=O)cc1. The minimum atomic E-state index is -3.33. The van der Waals surface area contributed by atoms with E-state index in [0.29, 0.717) is 19.5 Å². The van der Waals surface area contributed by atoms with Crippen LogP contribution in [0.25, 0.3) is 0 Å². The van der Waals surface area contributed by atoms with Crippen LogP contribution >= 0.6 is 0 Å². The van der Waals surface area contributed by atoms with Gasteiger partial charge in [0.15, 0.2) is 9.84 Å². The number of carbonyl (C=O) groups is 3. The van der Waals surface area contributed by atoms with Gasteiger partial charge < -0.3 is 4.90 Å². The highest BCUT2D eigenvalue weighted by atomic mass is 32.2. The predicted octanol–water partition coefficient (Wildman–Crippen LogP) is 1.67. The average Bonchev–Trinajstić information content (AvgIpc) is 2.65. The highest BCUT2D eigenvalue weighted by molar-refractivity contribution is 7.90. The number of hydrogen-bond acceptors (Lipinski definition) is 5. The molecule has 0 saturated carbocycles. The molecule has 0 radical (unpaired) electrons. The van der Waals surface area contributed by atoms with Gasteiger partial charge in [0.25, 0.3) is 5.91 Å². The Morgan fingerprint density at radius 1 is 0.929 bits per heavy atom. The smallest absolute Gasteiger partial charge is 0.269 e. The fourth-order valence-electron chi connectivity index (χ4n) is 2.57. The van der Waals surface area contributed by atoms with Crippen LogP contribution in [0.4, 0.5) is 0 Å².